The van der Waals surface area contributed by atoms with Gasteiger partial charge in [0, 0.05) is 54.9 Å². The summed E-state index contributed by atoms with van der Waals surface area (Å²) in [5.74, 6) is 0.0543. The highest BCUT2D eigenvalue weighted by atomic mass is 16.2. The molecular weight excluding hydrogens is 478 g/mol. The van der Waals surface area contributed by atoms with Crippen molar-refractivity contribution in [1.29, 1.82) is 0 Å². The Morgan fingerprint density at radius 2 is 1.53 bits per heavy atom. The van der Waals surface area contributed by atoms with Crippen LogP contribution in [0, 0.1) is 13.8 Å². The fraction of sp³-hybridized carbons (Fsp3) is 0.333. The average Bonchev–Trinajstić information content (AvgIpc) is 3.38. The van der Waals surface area contributed by atoms with Crippen molar-refractivity contribution in [3.05, 3.63) is 104 Å². The van der Waals surface area contributed by atoms with Crippen LogP contribution >= 0.6 is 0 Å². The summed E-state index contributed by atoms with van der Waals surface area (Å²) >= 11 is 0. The minimum Gasteiger partial charge on any atom is -0.338 e. The number of aromatic amines is 1. The van der Waals surface area contributed by atoms with Crippen molar-refractivity contribution in [2.45, 2.75) is 45.6 Å². The molecule has 8 nitrogen and oxygen atoms in total. The number of aryl methyl sites for hydroxylation is 2. The van der Waals surface area contributed by atoms with Crippen LogP contribution in [-0.4, -0.2) is 55.8 Å². The zero-order valence-electron chi connectivity index (χ0n) is 21.7. The van der Waals surface area contributed by atoms with Gasteiger partial charge in [0.15, 0.2) is 5.65 Å². The number of piperidine rings is 1. The summed E-state index contributed by atoms with van der Waals surface area (Å²) in [6, 6.07) is 17.1. The third-order valence-corrected chi connectivity index (χ3v) is 7.81. The van der Waals surface area contributed by atoms with E-state index < -0.39 is 0 Å². The van der Waals surface area contributed by atoms with Crippen LogP contribution < -0.4 is 5.56 Å². The SMILES string of the molecule is Cc1ccc(C(=O)N2CCc3nc4cc(C5CCCN(C(=O)c6ccc(C)cc6)C5)[nH]n4c(=O)c3C2)cc1. The quantitative estimate of drug-likeness (QED) is 0.454. The molecule has 2 aromatic heterocycles. The molecule has 4 heterocycles. The summed E-state index contributed by atoms with van der Waals surface area (Å²) in [4.78, 5) is 48.1. The van der Waals surface area contributed by atoms with Crippen LogP contribution in [0.3, 0.4) is 0 Å². The van der Waals surface area contributed by atoms with Gasteiger partial charge in [0.25, 0.3) is 17.4 Å². The second-order valence-corrected chi connectivity index (χ2v) is 10.5. The lowest BCUT2D eigenvalue weighted by Crippen LogP contribution is -2.40. The van der Waals surface area contributed by atoms with Gasteiger partial charge in [0.05, 0.1) is 17.8 Å². The van der Waals surface area contributed by atoms with E-state index >= 15 is 0 Å². The van der Waals surface area contributed by atoms with Gasteiger partial charge in [0.1, 0.15) is 0 Å². The maximum Gasteiger partial charge on any atom is 0.277 e. The molecule has 0 saturated carbocycles. The van der Waals surface area contributed by atoms with Crippen LogP contribution in [-0.2, 0) is 13.0 Å². The van der Waals surface area contributed by atoms with Crippen LogP contribution in [0.4, 0.5) is 0 Å². The van der Waals surface area contributed by atoms with Crippen LogP contribution in [0.15, 0.2) is 59.4 Å². The molecule has 1 N–H and O–H groups in total. The van der Waals surface area contributed by atoms with Crippen molar-refractivity contribution in [1.82, 2.24) is 24.4 Å². The summed E-state index contributed by atoms with van der Waals surface area (Å²) < 4.78 is 1.49. The molecule has 1 atom stereocenters. The third kappa shape index (κ3) is 4.40. The zero-order chi connectivity index (χ0) is 26.4. The fourth-order valence-corrected chi connectivity index (χ4v) is 5.56. The monoisotopic (exact) mass is 509 g/mol. The molecule has 1 fully saturated rings. The second-order valence-electron chi connectivity index (χ2n) is 10.5. The molecule has 38 heavy (non-hydrogen) atoms. The number of H-pyrrole nitrogens is 1. The number of hydrogen-bond donors (Lipinski definition) is 1. The number of carbonyl (C=O) groups excluding carboxylic acids is 2. The van der Waals surface area contributed by atoms with Crippen LogP contribution in [0.25, 0.3) is 5.65 Å². The summed E-state index contributed by atoms with van der Waals surface area (Å²) in [5.41, 5.74) is 6.19. The summed E-state index contributed by atoms with van der Waals surface area (Å²) in [6.07, 6.45) is 2.37. The number of carbonyl (C=O) groups is 2. The Bertz CT molecular complexity index is 1580. The molecule has 1 saturated heterocycles. The maximum atomic E-state index is 13.5. The van der Waals surface area contributed by atoms with Gasteiger partial charge in [-0.15, -0.1) is 0 Å². The number of hydrogen-bond acceptors (Lipinski definition) is 4. The first-order chi connectivity index (χ1) is 18.4. The lowest BCUT2D eigenvalue weighted by atomic mass is 9.94. The van der Waals surface area contributed by atoms with Gasteiger partial charge in [-0.05, 0) is 51.0 Å². The number of fused-ring (bicyclic) bond motifs is 2. The van der Waals surface area contributed by atoms with E-state index in [1.807, 2.05) is 73.3 Å². The highest BCUT2D eigenvalue weighted by Crippen LogP contribution is 2.28. The standard InChI is InChI=1S/C30H31N5O3/c1-19-5-9-21(10-6-19)28(36)33-14-3-4-23(17-33)26-16-27-31-25-13-15-34(18-24(25)30(38)35(27)32-26)29(37)22-11-7-20(2)8-12-22/h5-12,16,23,32H,3-4,13-15,17-18H2,1-2H3. The maximum absolute atomic E-state index is 13.5. The number of nitrogens with zero attached hydrogens (tertiary/aromatic N) is 4. The lowest BCUT2D eigenvalue weighted by molar-refractivity contribution is 0.0703. The Labute approximate surface area is 220 Å². The second kappa shape index (κ2) is 9.59. The first-order valence-electron chi connectivity index (χ1n) is 13.2. The number of likely N-dealkylation sites (tertiary alicyclic amines) is 1. The van der Waals surface area contributed by atoms with Gasteiger partial charge >= 0.3 is 0 Å². The summed E-state index contributed by atoms with van der Waals surface area (Å²) in [7, 11) is 0. The molecule has 0 radical (unpaired) electrons. The molecule has 0 spiro atoms. The minimum atomic E-state index is -0.166. The van der Waals surface area contributed by atoms with Crippen LogP contribution in [0.1, 0.15) is 67.6 Å². The molecule has 0 aliphatic carbocycles. The number of amides is 2. The Hall–Kier alpha value is -4.20. The third-order valence-electron chi connectivity index (χ3n) is 7.81. The van der Waals surface area contributed by atoms with Crippen molar-refractivity contribution in [2.75, 3.05) is 19.6 Å². The van der Waals surface area contributed by atoms with Crippen LogP contribution in [0.2, 0.25) is 0 Å². The van der Waals surface area contributed by atoms with E-state index in [2.05, 4.69) is 5.10 Å². The van der Waals surface area contributed by atoms with Crippen molar-refractivity contribution >= 4 is 17.5 Å². The number of rotatable bonds is 3. The van der Waals surface area contributed by atoms with E-state index in [1.54, 1.807) is 4.90 Å². The molecular formula is C30H31N5O3. The molecule has 6 rings (SSSR count). The molecule has 2 aromatic carbocycles. The summed E-state index contributed by atoms with van der Waals surface area (Å²) in [6.45, 7) is 6.08. The number of aromatic nitrogens is 3. The Balaban J connectivity index is 1.24. The Morgan fingerprint density at radius 1 is 0.895 bits per heavy atom. The van der Waals surface area contributed by atoms with Gasteiger partial charge in [-0.3, -0.25) is 19.5 Å². The van der Waals surface area contributed by atoms with E-state index in [9.17, 15) is 14.4 Å². The first kappa shape index (κ1) is 24.2. The smallest absolute Gasteiger partial charge is 0.277 e. The predicted molar refractivity (Wildman–Crippen MR) is 144 cm³/mol. The molecule has 8 heteroatoms. The average molecular weight is 510 g/mol. The van der Waals surface area contributed by atoms with Gasteiger partial charge in [-0.1, -0.05) is 35.4 Å². The highest BCUT2D eigenvalue weighted by molar-refractivity contribution is 5.95. The Kier molecular flexibility index (Phi) is 6.10. The fourth-order valence-electron chi connectivity index (χ4n) is 5.56. The molecule has 0 bridgehead atoms. The van der Waals surface area contributed by atoms with E-state index in [0.29, 0.717) is 41.8 Å². The van der Waals surface area contributed by atoms with Gasteiger partial charge in [-0.2, -0.15) is 0 Å². The zero-order valence-corrected chi connectivity index (χ0v) is 21.7. The van der Waals surface area contributed by atoms with E-state index in [-0.39, 0.29) is 29.8 Å². The van der Waals surface area contributed by atoms with E-state index in [0.717, 1.165) is 41.9 Å². The topological polar surface area (TPSA) is 90.8 Å². The minimum absolute atomic E-state index is 0.0369. The molecule has 2 amide bonds. The molecule has 1 unspecified atom stereocenters. The first-order valence-corrected chi connectivity index (χ1v) is 13.2. The Morgan fingerprint density at radius 3 is 2.18 bits per heavy atom. The van der Waals surface area contributed by atoms with E-state index in [4.69, 9.17) is 4.98 Å². The van der Waals surface area contributed by atoms with Crippen molar-refractivity contribution in [3.8, 4) is 0 Å². The molecule has 4 aromatic rings. The van der Waals surface area contributed by atoms with Crippen molar-refractivity contribution in [2.24, 2.45) is 0 Å². The number of nitrogens with one attached hydrogen (secondary N) is 1. The normalized spacial score (nSPS) is 17.5. The lowest BCUT2D eigenvalue weighted by Gasteiger charge is -2.32. The largest absolute Gasteiger partial charge is 0.338 e. The molecule has 2 aliphatic rings. The van der Waals surface area contributed by atoms with Gasteiger partial charge in [0.2, 0.25) is 0 Å². The number of benzene rings is 2. The molecule has 2 aliphatic heterocycles. The van der Waals surface area contributed by atoms with E-state index in [1.165, 1.54) is 4.52 Å². The highest BCUT2D eigenvalue weighted by Gasteiger charge is 2.29. The van der Waals surface area contributed by atoms with Gasteiger partial charge < -0.3 is 9.80 Å². The van der Waals surface area contributed by atoms with Gasteiger partial charge in [-0.25, -0.2) is 9.50 Å². The van der Waals surface area contributed by atoms with Crippen molar-refractivity contribution < 1.29 is 9.59 Å². The van der Waals surface area contributed by atoms with Crippen molar-refractivity contribution in [3.63, 3.8) is 0 Å². The van der Waals surface area contributed by atoms with Crippen LogP contribution in [0.5, 0.6) is 0 Å². The predicted octanol–water partition coefficient (Wildman–Crippen LogP) is 3.86. The molecule has 194 valence electrons. The summed E-state index contributed by atoms with van der Waals surface area (Å²) in [5, 5.41) is 3.27.